The molecule has 1 aromatic carbocycles. The maximum absolute atomic E-state index is 13.6. The predicted octanol–water partition coefficient (Wildman–Crippen LogP) is 4.08. The van der Waals surface area contributed by atoms with Crippen molar-refractivity contribution in [2.75, 3.05) is 20.2 Å². The number of likely N-dealkylation sites (tertiary alicyclic amines) is 1. The highest BCUT2D eigenvalue weighted by molar-refractivity contribution is 5.94. The van der Waals surface area contributed by atoms with Crippen LogP contribution >= 0.6 is 0 Å². The Kier molecular flexibility index (Phi) is 5.13. The molecule has 1 atom stereocenters. The Balaban J connectivity index is 1.62. The van der Waals surface area contributed by atoms with E-state index in [9.17, 15) is 18.0 Å². The number of amides is 1. The van der Waals surface area contributed by atoms with Crippen LogP contribution in [0.25, 0.3) is 5.65 Å². The van der Waals surface area contributed by atoms with Gasteiger partial charge in [-0.15, -0.1) is 0 Å². The molecule has 1 amide bonds. The molecule has 3 aromatic rings. The third kappa shape index (κ3) is 3.83. The van der Waals surface area contributed by atoms with Crippen LogP contribution < -0.4 is 4.74 Å². The fourth-order valence-corrected chi connectivity index (χ4v) is 3.84. The number of fused-ring (bicyclic) bond motifs is 1. The first-order chi connectivity index (χ1) is 14.3. The summed E-state index contributed by atoms with van der Waals surface area (Å²) in [5.74, 6) is 0.221. The molecule has 6 nitrogen and oxygen atoms in total. The highest BCUT2D eigenvalue weighted by Crippen LogP contribution is 2.34. The van der Waals surface area contributed by atoms with E-state index >= 15 is 0 Å². The number of methoxy groups -OCH3 is 1. The molecule has 1 aliphatic rings. The molecule has 1 aliphatic heterocycles. The molecule has 1 fully saturated rings. The Bertz CT molecular complexity index is 1080. The van der Waals surface area contributed by atoms with Crippen LogP contribution in [0.5, 0.6) is 5.75 Å². The number of alkyl halides is 3. The van der Waals surface area contributed by atoms with Gasteiger partial charge in [-0.25, -0.2) is 9.50 Å². The second-order valence-corrected chi connectivity index (χ2v) is 7.44. The van der Waals surface area contributed by atoms with Crippen molar-refractivity contribution in [3.05, 3.63) is 59.0 Å². The lowest BCUT2D eigenvalue weighted by molar-refractivity contribution is -0.142. The summed E-state index contributed by atoms with van der Waals surface area (Å²) in [4.78, 5) is 19.0. The SMILES string of the molecule is COc1ccc(C(=O)N2CCC[C@@H](c3cc(C(F)(F)F)n4nc(C)cc4n3)C2)cc1. The first kappa shape index (κ1) is 20.2. The van der Waals surface area contributed by atoms with E-state index in [4.69, 9.17) is 4.74 Å². The normalized spacial score (nSPS) is 17.4. The smallest absolute Gasteiger partial charge is 0.433 e. The van der Waals surface area contributed by atoms with Gasteiger partial charge in [0.15, 0.2) is 5.65 Å². The lowest BCUT2D eigenvalue weighted by Gasteiger charge is -2.33. The van der Waals surface area contributed by atoms with Crippen LogP contribution in [0.3, 0.4) is 0 Å². The summed E-state index contributed by atoms with van der Waals surface area (Å²) in [6.07, 6.45) is -3.19. The van der Waals surface area contributed by atoms with Gasteiger partial charge in [0.1, 0.15) is 11.4 Å². The summed E-state index contributed by atoms with van der Waals surface area (Å²) in [7, 11) is 1.55. The van der Waals surface area contributed by atoms with E-state index in [1.54, 1.807) is 43.2 Å². The molecule has 30 heavy (non-hydrogen) atoms. The minimum absolute atomic E-state index is 0.153. The van der Waals surface area contributed by atoms with Crippen LogP contribution in [0, 0.1) is 6.92 Å². The minimum Gasteiger partial charge on any atom is -0.497 e. The summed E-state index contributed by atoms with van der Waals surface area (Å²) in [6, 6.07) is 9.38. The standard InChI is InChI=1S/C21H21F3N4O2/c1-13-10-19-25-17(11-18(21(22,23)24)28(19)26-13)15-4-3-9-27(12-15)20(29)14-5-7-16(30-2)8-6-14/h5-8,10-11,15H,3-4,9,12H2,1-2H3/t15-/m1/s1. The van der Waals surface area contributed by atoms with Gasteiger partial charge in [0.25, 0.3) is 5.91 Å². The van der Waals surface area contributed by atoms with Gasteiger partial charge in [0, 0.05) is 36.3 Å². The van der Waals surface area contributed by atoms with Gasteiger partial charge >= 0.3 is 6.18 Å². The third-order valence-corrected chi connectivity index (χ3v) is 5.32. The Morgan fingerprint density at radius 1 is 1.20 bits per heavy atom. The van der Waals surface area contributed by atoms with E-state index in [1.807, 2.05) is 0 Å². The van der Waals surface area contributed by atoms with Gasteiger partial charge < -0.3 is 9.64 Å². The third-order valence-electron chi connectivity index (χ3n) is 5.32. The number of hydrogen-bond acceptors (Lipinski definition) is 4. The largest absolute Gasteiger partial charge is 0.497 e. The number of rotatable bonds is 3. The number of ether oxygens (including phenoxy) is 1. The fraction of sp³-hybridized carbons (Fsp3) is 0.381. The van der Waals surface area contributed by atoms with Crippen molar-refractivity contribution in [3.63, 3.8) is 0 Å². The second kappa shape index (κ2) is 7.62. The van der Waals surface area contributed by atoms with E-state index in [1.165, 1.54) is 6.07 Å². The number of nitrogens with zero attached hydrogens (tertiary/aromatic N) is 4. The molecule has 0 N–H and O–H groups in total. The first-order valence-corrected chi connectivity index (χ1v) is 9.64. The van der Waals surface area contributed by atoms with Crippen molar-refractivity contribution in [1.82, 2.24) is 19.5 Å². The lowest BCUT2D eigenvalue weighted by Crippen LogP contribution is -2.39. The van der Waals surface area contributed by atoms with E-state index < -0.39 is 11.9 Å². The number of hydrogen-bond donors (Lipinski definition) is 0. The Morgan fingerprint density at radius 3 is 2.60 bits per heavy atom. The van der Waals surface area contributed by atoms with Crippen LogP contribution in [0.2, 0.25) is 0 Å². The number of carbonyl (C=O) groups is 1. The summed E-state index contributed by atoms with van der Waals surface area (Å²) in [6.45, 7) is 2.50. The maximum atomic E-state index is 13.6. The predicted molar refractivity (Wildman–Crippen MR) is 104 cm³/mol. The Hall–Kier alpha value is -3.10. The van der Waals surface area contributed by atoms with Gasteiger partial charge in [0.2, 0.25) is 0 Å². The topological polar surface area (TPSA) is 59.7 Å². The van der Waals surface area contributed by atoms with Crippen LogP contribution in [0.15, 0.2) is 36.4 Å². The van der Waals surface area contributed by atoms with Crippen molar-refractivity contribution in [1.29, 1.82) is 0 Å². The van der Waals surface area contributed by atoms with Gasteiger partial charge in [-0.2, -0.15) is 18.3 Å². The quantitative estimate of drug-likeness (QED) is 0.643. The van der Waals surface area contributed by atoms with E-state index in [0.717, 1.165) is 10.6 Å². The summed E-state index contributed by atoms with van der Waals surface area (Å²) in [5, 5.41) is 3.92. The van der Waals surface area contributed by atoms with Crippen molar-refractivity contribution < 1.29 is 22.7 Å². The monoisotopic (exact) mass is 418 g/mol. The molecule has 0 bridgehead atoms. The van der Waals surface area contributed by atoms with Gasteiger partial charge in [-0.1, -0.05) is 0 Å². The van der Waals surface area contributed by atoms with Crippen LogP contribution in [-0.2, 0) is 6.18 Å². The van der Waals surface area contributed by atoms with Gasteiger partial charge in [0.05, 0.1) is 12.8 Å². The van der Waals surface area contributed by atoms with Gasteiger partial charge in [-0.3, -0.25) is 4.79 Å². The van der Waals surface area contributed by atoms with Crippen molar-refractivity contribution in [2.24, 2.45) is 0 Å². The zero-order valence-corrected chi connectivity index (χ0v) is 16.6. The molecular weight excluding hydrogens is 397 g/mol. The highest BCUT2D eigenvalue weighted by atomic mass is 19.4. The van der Waals surface area contributed by atoms with Crippen molar-refractivity contribution in [2.45, 2.75) is 31.9 Å². The zero-order chi connectivity index (χ0) is 21.5. The number of aromatic nitrogens is 3. The zero-order valence-electron chi connectivity index (χ0n) is 16.6. The van der Waals surface area contributed by atoms with E-state index in [2.05, 4.69) is 10.1 Å². The highest BCUT2D eigenvalue weighted by Gasteiger charge is 2.36. The molecule has 0 unspecified atom stereocenters. The number of aryl methyl sites for hydroxylation is 1. The van der Waals surface area contributed by atoms with E-state index in [-0.39, 0.29) is 17.5 Å². The molecule has 2 aromatic heterocycles. The molecule has 3 heterocycles. The van der Waals surface area contributed by atoms with Crippen LogP contribution in [0.4, 0.5) is 13.2 Å². The number of piperidine rings is 1. The average Bonchev–Trinajstić information content (AvgIpc) is 3.11. The molecule has 4 rings (SSSR count). The van der Waals surface area contributed by atoms with Crippen LogP contribution in [-0.4, -0.2) is 45.6 Å². The molecule has 0 saturated carbocycles. The molecular formula is C21H21F3N4O2. The fourth-order valence-electron chi connectivity index (χ4n) is 3.84. The lowest BCUT2D eigenvalue weighted by atomic mass is 9.93. The number of benzene rings is 1. The molecule has 158 valence electrons. The summed E-state index contributed by atoms with van der Waals surface area (Å²) >= 11 is 0. The minimum atomic E-state index is -4.55. The molecule has 0 radical (unpaired) electrons. The van der Waals surface area contributed by atoms with Crippen LogP contribution in [0.1, 0.15) is 46.2 Å². The second-order valence-electron chi connectivity index (χ2n) is 7.44. The molecule has 0 spiro atoms. The molecule has 0 aliphatic carbocycles. The first-order valence-electron chi connectivity index (χ1n) is 9.64. The maximum Gasteiger partial charge on any atom is 0.433 e. The summed E-state index contributed by atoms with van der Waals surface area (Å²) < 4.78 is 46.7. The average molecular weight is 418 g/mol. The Morgan fingerprint density at radius 2 is 1.93 bits per heavy atom. The number of carbonyl (C=O) groups excluding carboxylic acids is 1. The number of halogens is 3. The summed E-state index contributed by atoms with van der Waals surface area (Å²) in [5.41, 5.74) is 0.624. The van der Waals surface area contributed by atoms with Crippen molar-refractivity contribution in [3.8, 4) is 5.75 Å². The molecule has 9 heteroatoms. The molecule has 1 saturated heterocycles. The van der Waals surface area contributed by atoms with Gasteiger partial charge in [-0.05, 0) is 50.1 Å². The van der Waals surface area contributed by atoms with E-state index in [0.29, 0.717) is 48.6 Å². The Labute approximate surface area is 171 Å². The van der Waals surface area contributed by atoms with Crippen molar-refractivity contribution >= 4 is 11.6 Å².